The number of ether oxygens (including phenoxy) is 1. The number of rotatable bonds is 2. The minimum absolute atomic E-state index is 0.107. The van der Waals surface area contributed by atoms with Gasteiger partial charge in [0, 0.05) is 6.20 Å². The molecule has 0 aliphatic rings. The van der Waals surface area contributed by atoms with Gasteiger partial charge in [-0.3, -0.25) is 0 Å². The highest BCUT2D eigenvalue weighted by molar-refractivity contribution is 6.41. The largest absolute Gasteiger partial charge is 0.421 e. The molecule has 1 aromatic carbocycles. The standard InChI is InChI=1S/C13H6Cl2N2O2/c14-10-5-9(7-17-12(10)15)13(18)19-11-4-2-1-3-8(11)6-16/h1-5,7H. The second-order valence-corrected chi connectivity index (χ2v) is 4.26. The third kappa shape index (κ3) is 3.02. The van der Waals surface area contributed by atoms with Gasteiger partial charge in [-0.1, -0.05) is 35.3 Å². The number of hydrogen-bond acceptors (Lipinski definition) is 4. The molecular formula is C13H6Cl2N2O2. The first-order valence-corrected chi connectivity index (χ1v) is 5.90. The first-order valence-electron chi connectivity index (χ1n) is 5.14. The Labute approximate surface area is 119 Å². The number of hydrogen-bond donors (Lipinski definition) is 0. The van der Waals surface area contributed by atoms with E-state index in [1.54, 1.807) is 18.2 Å². The van der Waals surface area contributed by atoms with Crippen molar-refractivity contribution in [1.82, 2.24) is 4.98 Å². The number of carbonyl (C=O) groups excluding carboxylic acids is 1. The van der Waals surface area contributed by atoms with Crippen molar-refractivity contribution in [3.63, 3.8) is 0 Å². The summed E-state index contributed by atoms with van der Waals surface area (Å²) in [6.45, 7) is 0. The number of carbonyl (C=O) groups is 1. The van der Waals surface area contributed by atoms with Crippen LogP contribution >= 0.6 is 23.2 Å². The van der Waals surface area contributed by atoms with E-state index in [0.717, 1.165) is 0 Å². The van der Waals surface area contributed by atoms with Crippen molar-refractivity contribution in [1.29, 1.82) is 5.26 Å². The summed E-state index contributed by atoms with van der Waals surface area (Å²) < 4.78 is 5.11. The van der Waals surface area contributed by atoms with Gasteiger partial charge in [-0.2, -0.15) is 5.26 Å². The molecule has 0 fully saturated rings. The molecule has 0 radical (unpaired) electrons. The number of nitriles is 1. The minimum atomic E-state index is -0.659. The van der Waals surface area contributed by atoms with Gasteiger partial charge in [0.15, 0.2) is 0 Å². The molecule has 0 saturated heterocycles. The molecule has 0 aliphatic heterocycles. The molecule has 0 bridgehead atoms. The molecule has 0 atom stereocenters. The van der Waals surface area contributed by atoms with Crippen LogP contribution in [0.1, 0.15) is 15.9 Å². The van der Waals surface area contributed by atoms with E-state index in [1.165, 1.54) is 18.3 Å². The molecule has 0 unspecified atom stereocenters. The summed E-state index contributed by atoms with van der Waals surface area (Å²) in [4.78, 5) is 15.6. The molecule has 0 spiro atoms. The highest BCUT2D eigenvalue weighted by Crippen LogP contribution is 2.22. The highest BCUT2D eigenvalue weighted by atomic mass is 35.5. The van der Waals surface area contributed by atoms with Gasteiger partial charge in [0.1, 0.15) is 17.0 Å². The van der Waals surface area contributed by atoms with Crippen LogP contribution in [0.3, 0.4) is 0 Å². The Morgan fingerprint density at radius 2 is 2.05 bits per heavy atom. The second-order valence-electron chi connectivity index (χ2n) is 3.49. The molecule has 1 heterocycles. The van der Waals surface area contributed by atoms with Crippen LogP contribution in [0.4, 0.5) is 0 Å². The maximum absolute atomic E-state index is 11.9. The maximum atomic E-state index is 11.9. The van der Waals surface area contributed by atoms with E-state index in [9.17, 15) is 4.79 Å². The van der Waals surface area contributed by atoms with Crippen molar-refractivity contribution in [2.24, 2.45) is 0 Å². The van der Waals surface area contributed by atoms with E-state index in [0.29, 0.717) is 0 Å². The van der Waals surface area contributed by atoms with Crippen molar-refractivity contribution < 1.29 is 9.53 Å². The lowest BCUT2D eigenvalue weighted by Gasteiger charge is -2.06. The fourth-order valence-corrected chi connectivity index (χ4v) is 1.61. The highest BCUT2D eigenvalue weighted by Gasteiger charge is 2.13. The minimum Gasteiger partial charge on any atom is -0.421 e. The van der Waals surface area contributed by atoms with E-state index in [2.05, 4.69) is 4.98 Å². The Hall–Kier alpha value is -2.09. The molecule has 1 aromatic heterocycles. The molecule has 6 heteroatoms. The zero-order valence-corrected chi connectivity index (χ0v) is 10.9. The van der Waals surface area contributed by atoms with Gasteiger partial charge in [-0.05, 0) is 18.2 Å². The Morgan fingerprint density at radius 3 is 2.74 bits per heavy atom. The number of esters is 1. The molecule has 94 valence electrons. The van der Waals surface area contributed by atoms with Gasteiger partial charge in [0.05, 0.1) is 16.1 Å². The summed E-state index contributed by atoms with van der Waals surface area (Å²) in [7, 11) is 0. The van der Waals surface area contributed by atoms with Crippen molar-refractivity contribution in [3.8, 4) is 11.8 Å². The summed E-state index contributed by atoms with van der Waals surface area (Å²) in [5, 5.41) is 9.15. The van der Waals surface area contributed by atoms with E-state index in [4.69, 9.17) is 33.2 Å². The van der Waals surface area contributed by atoms with Crippen molar-refractivity contribution in [3.05, 3.63) is 57.8 Å². The molecule has 19 heavy (non-hydrogen) atoms. The van der Waals surface area contributed by atoms with Crippen LogP contribution < -0.4 is 4.74 Å². The molecule has 0 amide bonds. The van der Waals surface area contributed by atoms with Gasteiger partial charge in [0.25, 0.3) is 0 Å². The number of nitrogens with zero attached hydrogens (tertiary/aromatic N) is 2. The van der Waals surface area contributed by atoms with Crippen LogP contribution in [0.2, 0.25) is 10.2 Å². The van der Waals surface area contributed by atoms with E-state index < -0.39 is 5.97 Å². The number of benzene rings is 1. The van der Waals surface area contributed by atoms with Crippen LogP contribution in [0.25, 0.3) is 0 Å². The summed E-state index contributed by atoms with van der Waals surface area (Å²) in [6.07, 6.45) is 1.26. The first kappa shape index (κ1) is 13.3. The second kappa shape index (κ2) is 5.70. The van der Waals surface area contributed by atoms with Gasteiger partial charge >= 0.3 is 5.97 Å². The fraction of sp³-hybridized carbons (Fsp3) is 0. The number of para-hydroxylation sites is 1. The smallest absolute Gasteiger partial charge is 0.345 e. The Bertz CT molecular complexity index is 681. The molecular weight excluding hydrogens is 287 g/mol. The maximum Gasteiger partial charge on any atom is 0.345 e. The van der Waals surface area contributed by atoms with Gasteiger partial charge < -0.3 is 4.74 Å². The summed E-state index contributed by atoms with van der Waals surface area (Å²) in [5.41, 5.74) is 0.422. The Morgan fingerprint density at radius 1 is 1.32 bits per heavy atom. The quantitative estimate of drug-likeness (QED) is 0.483. The molecule has 2 rings (SSSR count). The zero-order valence-electron chi connectivity index (χ0n) is 9.43. The third-order valence-electron chi connectivity index (χ3n) is 2.24. The predicted octanol–water partition coefficient (Wildman–Crippen LogP) is 3.48. The monoisotopic (exact) mass is 292 g/mol. The Kier molecular flexibility index (Phi) is 4.00. The summed E-state index contributed by atoms with van der Waals surface area (Å²) in [5.74, 6) is -0.477. The van der Waals surface area contributed by atoms with E-state index in [-0.39, 0.29) is 27.1 Å². The molecule has 0 saturated carbocycles. The van der Waals surface area contributed by atoms with Crippen LogP contribution in [0, 0.1) is 11.3 Å². The van der Waals surface area contributed by atoms with Crippen LogP contribution in [-0.4, -0.2) is 11.0 Å². The average molecular weight is 293 g/mol. The van der Waals surface area contributed by atoms with Crippen molar-refractivity contribution in [2.75, 3.05) is 0 Å². The van der Waals surface area contributed by atoms with Gasteiger partial charge in [0.2, 0.25) is 0 Å². The number of aromatic nitrogens is 1. The normalized spacial score (nSPS) is 9.74. The average Bonchev–Trinajstić information content (AvgIpc) is 2.42. The summed E-state index contributed by atoms with van der Waals surface area (Å²) >= 11 is 11.4. The Balaban J connectivity index is 2.26. The third-order valence-corrected chi connectivity index (χ3v) is 2.93. The van der Waals surface area contributed by atoms with Gasteiger partial charge in [-0.15, -0.1) is 0 Å². The summed E-state index contributed by atoms with van der Waals surface area (Å²) in [6, 6.07) is 9.71. The van der Waals surface area contributed by atoms with Crippen molar-refractivity contribution in [2.45, 2.75) is 0 Å². The first-order chi connectivity index (χ1) is 9.11. The fourth-order valence-electron chi connectivity index (χ4n) is 1.34. The lowest BCUT2D eigenvalue weighted by Crippen LogP contribution is -2.09. The van der Waals surface area contributed by atoms with Crippen molar-refractivity contribution >= 4 is 29.2 Å². The molecule has 2 aromatic rings. The van der Waals surface area contributed by atoms with Crippen LogP contribution in [0.5, 0.6) is 5.75 Å². The lowest BCUT2D eigenvalue weighted by atomic mass is 10.2. The topological polar surface area (TPSA) is 63.0 Å². The lowest BCUT2D eigenvalue weighted by molar-refractivity contribution is 0.0734. The molecule has 0 N–H and O–H groups in total. The predicted molar refractivity (Wildman–Crippen MR) is 70.4 cm³/mol. The SMILES string of the molecule is N#Cc1ccccc1OC(=O)c1cnc(Cl)c(Cl)c1. The molecule has 4 nitrogen and oxygen atoms in total. The number of pyridine rings is 1. The van der Waals surface area contributed by atoms with E-state index >= 15 is 0 Å². The number of halogens is 2. The zero-order chi connectivity index (χ0) is 13.8. The van der Waals surface area contributed by atoms with Crippen LogP contribution in [-0.2, 0) is 0 Å². The molecule has 0 aliphatic carbocycles. The van der Waals surface area contributed by atoms with Crippen LogP contribution in [0.15, 0.2) is 36.5 Å². The van der Waals surface area contributed by atoms with E-state index in [1.807, 2.05) is 6.07 Å². The van der Waals surface area contributed by atoms with Gasteiger partial charge in [-0.25, -0.2) is 9.78 Å².